The predicted octanol–water partition coefficient (Wildman–Crippen LogP) is 4.24. The van der Waals surface area contributed by atoms with Crippen molar-refractivity contribution in [1.29, 1.82) is 0 Å². The Balaban J connectivity index is 1.27. The Kier molecular flexibility index (Phi) is 6.89. The Morgan fingerprint density at radius 2 is 1.87 bits per heavy atom. The van der Waals surface area contributed by atoms with Crippen molar-refractivity contribution in [3.8, 4) is 22.6 Å². The van der Waals surface area contributed by atoms with Gasteiger partial charge in [-0.15, -0.1) is 0 Å². The van der Waals surface area contributed by atoms with Gasteiger partial charge in [0.1, 0.15) is 17.0 Å². The highest BCUT2D eigenvalue weighted by Crippen LogP contribution is 2.36. The summed E-state index contributed by atoms with van der Waals surface area (Å²) in [5.74, 6) is 1.72. The third-order valence-corrected chi connectivity index (χ3v) is 7.39. The zero-order valence-electron chi connectivity index (χ0n) is 21.7. The van der Waals surface area contributed by atoms with Crippen LogP contribution in [-0.4, -0.2) is 51.2 Å². The van der Waals surface area contributed by atoms with Crippen molar-refractivity contribution in [3.05, 3.63) is 83.3 Å². The molecule has 0 unspecified atom stereocenters. The topological polar surface area (TPSA) is 118 Å². The van der Waals surface area contributed by atoms with Crippen LogP contribution in [0.2, 0.25) is 0 Å². The van der Waals surface area contributed by atoms with E-state index in [9.17, 15) is 9.59 Å². The highest BCUT2D eigenvalue weighted by Gasteiger charge is 2.27. The number of carbonyl (C=O) groups is 1. The number of para-hydroxylation sites is 1. The van der Waals surface area contributed by atoms with Crippen molar-refractivity contribution in [2.75, 3.05) is 25.4 Å². The number of benzene rings is 2. The van der Waals surface area contributed by atoms with Crippen LogP contribution in [0.4, 0.5) is 5.82 Å². The number of carbonyl (C=O) groups excluding carboxylic acids is 1. The van der Waals surface area contributed by atoms with Crippen molar-refractivity contribution < 1.29 is 9.53 Å². The first-order chi connectivity index (χ1) is 19.1. The molecule has 2 fully saturated rings. The molecule has 2 aromatic carbocycles. The number of nitrogens with zero attached hydrogens (tertiary/aromatic N) is 3. The quantitative estimate of drug-likeness (QED) is 0.297. The summed E-state index contributed by atoms with van der Waals surface area (Å²) in [6, 6.07) is 17.8. The summed E-state index contributed by atoms with van der Waals surface area (Å²) in [4.78, 5) is 27.8. The monoisotopic (exact) mass is 524 g/mol. The number of aromatic nitrogens is 3. The van der Waals surface area contributed by atoms with Crippen LogP contribution in [0.25, 0.3) is 22.0 Å². The lowest BCUT2D eigenvalue weighted by atomic mass is 10.1. The van der Waals surface area contributed by atoms with Gasteiger partial charge in [-0.25, -0.2) is 5.10 Å². The number of fused-ring (bicyclic) bond motifs is 1. The first-order valence-corrected chi connectivity index (χ1v) is 13.5. The lowest BCUT2D eigenvalue weighted by Crippen LogP contribution is -2.40. The summed E-state index contributed by atoms with van der Waals surface area (Å²) in [5, 5.41) is 10.6. The molecule has 2 aliphatic rings. The van der Waals surface area contributed by atoms with Crippen molar-refractivity contribution in [3.63, 3.8) is 0 Å². The van der Waals surface area contributed by atoms with E-state index in [1.54, 1.807) is 6.08 Å². The van der Waals surface area contributed by atoms with Crippen LogP contribution >= 0.6 is 0 Å². The largest absolute Gasteiger partial charge is 0.457 e. The van der Waals surface area contributed by atoms with E-state index in [1.807, 2.05) is 76.3 Å². The van der Waals surface area contributed by atoms with Crippen LogP contribution in [0.15, 0.2) is 77.7 Å². The average Bonchev–Trinajstić information content (AvgIpc) is 3.70. The molecule has 9 nitrogen and oxygen atoms in total. The van der Waals surface area contributed by atoms with E-state index in [-0.39, 0.29) is 23.3 Å². The third kappa shape index (κ3) is 5.44. The van der Waals surface area contributed by atoms with Gasteiger partial charge >= 0.3 is 0 Å². The van der Waals surface area contributed by atoms with Gasteiger partial charge in [0, 0.05) is 43.5 Å². The van der Waals surface area contributed by atoms with E-state index >= 15 is 0 Å². The molecule has 0 spiro atoms. The first-order valence-electron chi connectivity index (χ1n) is 13.5. The molecule has 2 aromatic heterocycles. The number of rotatable bonds is 8. The number of aromatic amines is 1. The van der Waals surface area contributed by atoms with Crippen LogP contribution in [-0.2, 0) is 4.79 Å². The Labute approximate surface area is 226 Å². The molecule has 200 valence electrons. The SMILES string of the molecule is Nc1n[nH]c(=O)c2c1c(-c1ccc(Oc3ccccc3)cc1)cn2[C@@H]1CCCN(C(=O)/C=C/CNC2CC2)C1. The van der Waals surface area contributed by atoms with E-state index in [0.29, 0.717) is 42.3 Å². The molecule has 0 bridgehead atoms. The van der Waals surface area contributed by atoms with Gasteiger partial charge in [-0.05, 0) is 55.5 Å². The van der Waals surface area contributed by atoms with Crippen LogP contribution in [0, 0.1) is 0 Å². The van der Waals surface area contributed by atoms with Gasteiger partial charge in [0.05, 0.1) is 11.4 Å². The fourth-order valence-corrected chi connectivity index (χ4v) is 5.24. The van der Waals surface area contributed by atoms with Crippen LogP contribution < -0.4 is 21.3 Å². The molecular formula is C30H32N6O3. The molecule has 1 saturated heterocycles. The summed E-state index contributed by atoms with van der Waals surface area (Å²) in [5.41, 5.74) is 8.20. The van der Waals surface area contributed by atoms with Crippen molar-refractivity contribution >= 4 is 22.6 Å². The molecule has 4 N–H and O–H groups in total. The number of piperidine rings is 1. The second-order valence-electron chi connectivity index (χ2n) is 10.2. The predicted molar refractivity (Wildman–Crippen MR) is 152 cm³/mol. The molecule has 1 aliphatic carbocycles. The van der Waals surface area contributed by atoms with E-state index in [1.165, 1.54) is 12.8 Å². The zero-order chi connectivity index (χ0) is 26.8. The molecule has 1 atom stereocenters. The van der Waals surface area contributed by atoms with E-state index in [0.717, 1.165) is 29.7 Å². The molecule has 9 heteroatoms. The van der Waals surface area contributed by atoms with Gasteiger partial charge in [-0.2, -0.15) is 5.10 Å². The van der Waals surface area contributed by atoms with Crippen LogP contribution in [0.5, 0.6) is 11.5 Å². The fraction of sp³-hybridized carbons (Fsp3) is 0.300. The normalized spacial score (nSPS) is 17.6. The molecule has 1 aliphatic heterocycles. The Hall–Kier alpha value is -4.37. The van der Waals surface area contributed by atoms with Gasteiger partial charge in [0.15, 0.2) is 5.82 Å². The van der Waals surface area contributed by atoms with E-state index in [2.05, 4.69) is 15.5 Å². The number of hydrogen-bond acceptors (Lipinski definition) is 6. The Morgan fingerprint density at radius 3 is 2.64 bits per heavy atom. The lowest BCUT2D eigenvalue weighted by Gasteiger charge is -2.33. The summed E-state index contributed by atoms with van der Waals surface area (Å²) in [6.45, 7) is 1.93. The number of nitrogens with two attached hydrogens (primary N) is 1. The molecule has 0 radical (unpaired) electrons. The number of H-pyrrole nitrogens is 1. The minimum atomic E-state index is -0.302. The van der Waals surface area contributed by atoms with Crippen molar-refractivity contribution in [2.24, 2.45) is 0 Å². The van der Waals surface area contributed by atoms with Crippen molar-refractivity contribution in [2.45, 2.75) is 37.8 Å². The minimum absolute atomic E-state index is 0.00178. The fourth-order valence-electron chi connectivity index (χ4n) is 5.24. The summed E-state index contributed by atoms with van der Waals surface area (Å²) in [6.07, 6.45) is 9.66. The third-order valence-electron chi connectivity index (χ3n) is 7.39. The van der Waals surface area contributed by atoms with E-state index in [4.69, 9.17) is 10.5 Å². The van der Waals surface area contributed by atoms with Gasteiger partial charge in [-0.3, -0.25) is 9.59 Å². The molecule has 6 rings (SSSR count). The highest BCUT2D eigenvalue weighted by molar-refractivity contribution is 6.02. The number of ether oxygens (including phenoxy) is 1. The molecule has 1 saturated carbocycles. The van der Waals surface area contributed by atoms with Crippen LogP contribution in [0.1, 0.15) is 31.7 Å². The van der Waals surface area contributed by atoms with Gasteiger partial charge in [-0.1, -0.05) is 36.4 Å². The number of nitrogen functional groups attached to an aromatic ring is 1. The van der Waals surface area contributed by atoms with Crippen LogP contribution in [0.3, 0.4) is 0 Å². The highest BCUT2D eigenvalue weighted by atomic mass is 16.5. The molecule has 39 heavy (non-hydrogen) atoms. The second kappa shape index (κ2) is 10.8. The summed E-state index contributed by atoms with van der Waals surface area (Å²) >= 11 is 0. The molecule has 4 aromatic rings. The van der Waals surface area contributed by atoms with Gasteiger partial charge < -0.3 is 25.3 Å². The summed E-state index contributed by atoms with van der Waals surface area (Å²) < 4.78 is 7.92. The standard InChI is InChI=1S/C30H32N6O3/c31-29-27-25(20-10-14-24(15-11-20)39-23-7-2-1-3-8-23)19-36(28(27)30(38)34-33-29)22-6-5-17-35(18-22)26(37)9-4-16-32-21-12-13-21/h1-4,7-11,14-15,19,21-22,32H,5-6,12-13,16-18H2,(H2,31,33)(H,34,38)/b9-4+/t22-/m1/s1. The number of hydrogen-bond donors (Lipinski definition) is 3. The Bertz CT molecular complexity index is 1550. The van der Waals surface area contributed by atoms with Gasteiger partial charge in [0.2, 0.25) is 5.91 Å². The maximum absolute atomic E-state index is 13.0. The number of anilines is 1. The van der Waals surface area contributed by atoms with Crippen molar-refractivity contribution in [1.82, 2.24) is 25.0 Å². The maximum Gasteiger partial charge on any atom is 0.288 e. The summed E-state index contributed by atoms with van der Waals surface area (Å²) in [7, 11) is 0. The lowest BCUT2D eigenvalue weighted by molar-refractivity contribution is -0.127. The maximum atomic E-state index is 13.0. The molecular weight excluding hydrogens is 492 g/mol. The smallest absolute Gasteiger partial charge is 0.288 e. The molecule has 3 heterocycles. The minimum Gasteiger partial charge on any atom is -0.457 e. The Morgan fingerprint density at radius 1 is 1.10 bits per heavy atom. The number of amides is 1. The first kappa shape index (κ1) is 24.9. The number of likely N-dealkylation sites (tertiary alicyclic amines) is 1. The van der Waals surface area contributed by atoms with Gasteiger partial charge in [0.25, 0.3) is 5.56 Å². The van der Waals surface area contributed by atoms with E-state index < -0.39 is 0 Å². The zero-order valence-corrected chi connectivity index (χ0v) is 21.7. The average molecular weight is 525 g/mol. The number of nitrogens with one attached hydrogen (secondary N) is 2. The molecule has 1 amide bonds. The second-order valence-corrected chi connectivity index (χ2v) is 10.2.